The molecule has 6 heteroatoms. The molecule has 0 amide bonds. The molecule has 18 heavy (non-hydrogen) atoms. The molecular formula is C12H23N5O. The number of hydrogen-bond donors (Lipinski definition) is 2. The highest BCUT2D eigenvalue weighted by Crippen LogP contribution is 2.19. The first-order chi connectivity index (χ1) is 8.56. The summed E-state index contributed by atoms with van der Waals surface area (Å²) in [4.78, 5) is 6.58. The lowest BCUT2D eigenvalue weighted by Crippen LogP contribution is -2.48. The Bertz CT molecular complexity index is 378. The largest absolute Gasteiger partial charge is 0.371 e. The van der Waals surface area contributed by atoms with Gasteiger partial charge in [0.15, 0.2) is 5.82 Å². The molecule has 0 spiro atoms. The van der Waals surface area contributed by atoms with Crippen molar-refractivity contribution in [3.8, 4) is 0 Å². The van der Waals surface area contributed by atoms with Gasteiger partial charge in [-0.15, -0.1) is 5.10 Å². The summed E-state index contributed by atoms with van der Waals surface area (Å²) in [5.74, 6) is 2.08. The van der Waals surface area contributed by atoms with E-state index < -0.39 is 0 Å². The van der Waals surface area contributed by atoms with Crippen LogP contribution in [0.2, 0.25) is 0 Å². The van der Waals surface area contributed by atoms with Crippen molar-refractivity contribution in [2.75, 3.05) is 18.0 Å². The van der Waals surface area contributed by atoms with Crippen LogP contribution in [0.15, 0.2) is 0 Å². The summed E-state index contributed by atoms with van der Waals surface area (Å²) in [5, 5.41) is 7.15. The summed E-state index contributed by atoms with van der Waals surface area (Å²) >= 11 is 0. The topological polar surface area (TPSA) is 80.1 Å². The van der Waals surface area contributed by atoms with Crippen LogP contribution in [-0.2, 0) is 11.3 Å². The van der Waals surface area contributed by atoms with Crippen molar-refractivity contribution in [3.05, 3.63) is 5.82 Å². The van der Waals surface area contributed by atoms with Gasteiger partial charge in [0, 0.05) is 19.1 Å². The smallest absolute Gasteiger partial charge is 0.244 e. The first-order valence-corrected chi connectivity index (χ1v) is 6.59. The highest BCUT2D eigenvalue weighted by molar-refractivity contribution is 5.30. The number of aromatic amines is 1. The maximum absolute atomic E-state index is 6.08. The van der Waals surface area contributed by atoms with E-state index in [4.69, 9.17) is 10.5 Å². The lowest BCUT2D eigenvalue weighted by atomic mass is 9.95. The number of nitrogens with two attached hydrogens (primary N) is 1. The third-order valence-corrected chi connectivity index (χ3v) is 3.37. The van der Waals surface area contributed by atoms with Crippen molar-refractivity contribution < 1.29 is 4.74 Å². The SMILES string of the molecule is CC(C)OCc1nc(N2CCC(C)C(N)C2)n[nH]1. The second-order valence-electron chi connectivity index (χ2n) is 5.32. The Kier molecular flexibility index (Phi) is 4.19. The minimum Gasteiger partial charge on any atom is -0.371 e. The molecule has 0 radical (unpaired) electrons. The van der Waals surface area contributed by atoms with Gasteiger partial charge in [-0.25, -0.2) is 0 Å². The number of piperidine rings is 1. The summed E-state index contributed by atoms with van der Waals surface area (Å²) in [6.07, 6.45) is 1.29. The maximum Gasteiger partial charge on any atom is 0.244 e. The second-order valence-corrected chi connectivity index (χ2v) is 5.32. The number of hydrogen-bond acceptors (Lipinski definition) is 5. The number of ether oxygens (including phenoxy) is 1. The van der Waals surface area contributed by atoms with Gasteiger partial charge in [-0.2, -0.15) is 4.98 Å². The number of nitrogens with one attached hydrogen (secondary N) is 1. The molecule has 1 aliphatic rings. The lowest BCUT2D eigenvalue weighted by Gasteiger charge is -2.34. The van der Waals surface area contributed by atoms with Gasteiger partial charge in [0.05, 0.1) is 6.10 Å². The maximum atomic E-state index is 6.08. The molecule has 1 fully saturated rings. The predicted octanol–water partition coefficient (Wildman–Crippen LogP) is 0.903. The first-order valence-electron chi connectivity index (χ1n) is 6.59. The number of nitrogens with zero attached hydrogens (tertiary/aromatic N) is 3. The van der Waals surface area contributed by atoms with Gasteiger partial charge >= 0.3 is 0 Å². The molecule has 6 nitrogen and oxygen atoms in total. The molecule has 1 saturated heterocycles. The number of anilines is 1. The molecule has 1 aromatic rings. The van der Waals surface area contributed by atoms with Crippen molar-refractivity contribution in [2.45, 2.75) is 45.9 Å². The van der Waals surface area contributed by atoms with Crippen LogP contribution >= 0.6 is 0 Å². The van der Waals surface area contributed by atoms with E-state index in [9.17, 15) is 0 Å². The Hall–Kier alpha value is -1.14. The highest BCUT2D eigenvalue weighted by atomic mass is 16.5. The van der Waals surface area contributed by atoms with Gasteiger partial charge in [0.25, 0.3) is 0 Å². The average molecular weight is 253 g/mol. The fourth-order valence-corrected chi connectivity index (χ4v) is 2.02. The van der Waals surface area contributed by atoms with E-state index in [1.54, 1.807) is 0 Å². The van der Waals surface area contributed by atoms with Gasteiger partial charge in [-0.3, -0.25) is 5.10 Å². The molecule has 3 N–H and O–H groups in total. The monoisotopic (exact) mass is 253 g/mol. The zero-order valence-corrected chi connectivity index (χ0v) is 11.4. The Balaban J connectivity index is 1.93. The number of aromatic nitrogens is 3. The average Bonchev–Trinajstić information content (AvgIpc) is 2.79. The van der Waals surface area contributed by atoms with Crippen molar-refractivity contribution >= 4 is 5.95 Å². The summed E-state index contributed by atoms with van der Waals surface area (Å²) in [7, 11) is 0. The van der Waals surface area contributed by atoms with Crippen molar-refractivity contribution in [1.82, 2.24) is 15.2 Å². The van der Waals surface area contributed by atoms with Crippen molar-refractivity contribution in [3.63, 3.8) is 0 Å². The Morgan fingerprint density at radius 2 is 2.33 bits per heavy atom. The van der Waals surface area contributed by atoms with Crippen LogP contribution in [0.4, 0.5) is 5.95 Å². The minimum absolute atomic E-state index is 0.197. The Morgan fingerprint density at radius 3 is 3.00 bits per heavy atom. The molecule has 2 rings (SSSR count). The van der Waals surface area contributed by atoms with E-state index in [0.717, 1.165) is 31.3 Å². The van der Waals surface area contributed by atoms with Crippen molar-refractivity contribution in [2.24, 2.45) is 11.7 Å². The normalized spacial score (nSPS) is 24.8. The molecule has 102 valence electrons. The molecule has 2 heterocycles. The Morgan fingerprint density at radius 1 is 1.56 bits per heavy atom. The van der Waals surface area contributed by atoms with Gasteiger partial charge in [-0.05, 0) is 26.2 Å². The molecule has 1 aromatic heterocycles. The van der Waals surface area contributed by atoms with Crippen LogP contribution in [0.5, 0.6) is 0 Å². The summed E-state index contributed by atoms with van der Waals surface area (Å²) in [5.41, 5.74) is 6.08. The molecule has 2 atom stereocenters. The fourth-order valence-electron chi connectivity index (χ4n) is 2.02. The molecule has 2 unspecified atom stereocenters. The quantitative estimate of drug-likeness (QED) is 0.833. The van der Waals surface area contributed by atoms with E-state index in [0.29, 0.717) is 12.5 Å². The van der Waals surface area contributed by atoms with E-state index in [1.165, 1.54) is 0 Å². The third kappa shape index (κ3) is 3.20. The molecular weight excluding hydrogens is 230 g/mol. The van der Waals surface area contributed by atoms with E-state index >= 15 is 0 Å². The molecule has 0 saturated carbocycles. The van der Waals surface area contributed by atoms with Crippen LogP contribution < -0.4 is 10.6 Å². The summed E-state index contributed by atoms with van der Waals surface area (Å²) in [6, 6.07) is 0.201. The number of rotatable bonds is 4. The highest BCUT2D eigenvalue weighted by Gasteiger charge is 2.25. The van der Waals surface area contributed by atoms with Crippen LogP contribution in [-0.4, -0.2) is 40.4 Å². The van der Waals surface area contributed by atoms with Crippen LogP contribution in [0.3, 0.4) is 0 Å². The summed E-state index contributed by atoms with van der Waals surface area (Å²) in [6.45, 7) is 8.47. The van der Waals surface area contributed by atoms with Gasteiger partial charge in [-0.1, -0.05) is 6.92 Å². The van der Waals surface area contributed by atoms with E-state index in [2.05, 4.69) is 27.0 Å². The lowest BCUT2D eigenvalue weighted by molar-refractivity contribution is 0.0615. The van der Waals surface area contributed by atoms with Gasteiger partial charge in [0.2, 0.25) is 5.95 Å². The summed E-state index contributed by atoms with van der Waals surface area (Å²) < 4.78 is 5.49. The fraction of sp³-hybridized carbons (Fsp3) is 0.833. The first kappa shape index (κ1) is 13.3. The standard InChI is InChI=1S/C12H23N5O/c1-8(2)18-7-11-14-12(16-15-11)17-5-4-9(3)10(13)6-17/h8-10H,4-7,13H2,1-3H3,(H,14,15,16). The van der Waals surface area contributed by atoms with Gasteiger partial charge < -0.3 is 15.4 Å². The zero-order valence-electron chi connectivity index (χ0n) is 11.4. The molecule has 0 bridgehead atoms. The van der Waals surface area contributed by atoms with Crippen LogP contribution in [0.1, 0.15) is 33.0 Å². The van der Waals surface area contributed by atoms with Crippen LogP contribution in [0.25, 0.3) is 0 Å². The zero-order chi connectivity index (χ0) is 13.1. The van der Waals surface area contributed by atoms with Crippen molar-refractivity contribution in [1.29, 1.82) is 0 Å². The second kappa shape index (κ2) is 5.67. The van der Waals surface area contributed by atoms with E-state index in [1.807, 2.05) is 13.8 Å². The number of H-pyrrole nitrogens is 1. The minimum atomic E-state index is 0.197. The van der Waals surface area contributed by atoms with Crippen LogP contribution in [0, 0.1) is 5.92 Å². The molecule has 0 aromatic carbocycles. The third-order valence-electron chi connectivity index (χ3n) is 3.37. The predicted molar refractivity (Wildman–Crippen MR) is 70.3 cm³/mol. The van der Waals surface area contributed by atoms with E-state index in [-0.39, 0.29) is 12.1 Å². The Labute approximate surface area is 108 Å². The molecule has 1 aliphatic heterocycles. The molecule has 0 aliphatic carbocycles. The van der Waals surface area contributed by atoms with Gasteiger partial charge in [0.1, 0.15) is 6.61 Å².